The molecule has 0 spiro atoms. The van der Waals surface area contributed by atoms with Crippen molar-refractivity contribution in [1.29, 1.82) is 0 Å². The molecule has 106 valence electrons. The van der Waals surface area contributed by atoms with Crippen molar-refractivity contribution in [3.8, 4) is 0 Å². The first-order chi connectivity index (χ1) is 8.61. The molecule has 2 heterocycles. The molecule has 1 aromatic rings. The SMILES string of the molecule is COC(=O)c1cc(CNC(=O)C2CNC2)oc1C.Cl. The topological polar surface area (TPSA) is 80.6 Å². The molecule has 2 N–H and O–H groups in total. The van der Waals surface area contributed by atoms with Gasteiger partial charge in [-0.15, -0.1) is 12.4 Å². The third-order valence-corrected chi connectivity index (χ3v) is 2.96. The van der Waals surface area contributed by atoms with E-state index in [9.17, 15) is 9.59 Å². The molecule has 1 aromatic heterocycles. The van der Waals surface area contributed by atoms with Crippen LogP contribution in [0.2, 0.25) is 0 Å². The fourth-order valence-electron chi connectivity index (χ4n) is 1.74. The van der Waals surface area contributed by atoms with Crippen molar-refractivity contribution >= 4 is 24.3 Å². The summed E-state index contributed by atoms with van der Waals surface area (Å²) in [6, 6.07) is 1.60. The van der Waals surface area contributed by atoms with Gasteiger partial charge in [-0.05, 0) is 13.0 Å². The van der Waals surface area contributed by atoms with Gasteiger partial charge in [0.1, 0.15) is 17.1 Å². The maximum atomic E-state index is 11.6. The number of carbonyl (C=O) groups excluding carboxylic acids is 2. The Kier molecular flexibility index (Phi) is 5.38. The lowest BCUT2D eigenvalue weighted by atomic mass is 10.0. The van der Waals surface area contributed by atoms with E-state index in [1.54, 1.807) is 13.0 Å². The number of ether oxygens (including phenoxy) is 1. The molecule has 6 nitrogen and oxygen atoms in total. The largest absolute Gasteiger partial charge is 0.465 e. The van der Waals surface area contributed by atoms with E-state index in [0.29, 0.717) is 17.1 Å². The third kappa shape index (κ3) is 3.48. The van der Waals surface area contributed by atoms with Gasteiger partial charge in [0.25, 0.3) is 0 Å². The van der Waals surface area contributed by atoms with Crippen LogP contribution >= 0.6 is 12.4 Å². The van der Waals surface area contributed by atoms with Crippen LogP contribution in [-0.2, 0) is 16.1 Å². The fourth-order valence-corrected chi connectivity index (χ4v) is 1.74. The molecule has 19 heavy (non-hydrogen) atoms. The van der Waals surface area contributed by atoms with Crippen molar-refractivity contribution in [2.24, 2.45) is 5.92 Å². The molecule has 2 rings (SSSR count). The second-order valence-corrected chi connectivity index (χ2v) is 4.25. The van der Waals surface area contributed by atoms with Crippen LogP contribution in [0.25, 0.3) is 0 Å². The fraction of sp³-hybridized carbons (Fsp3) is 0.500. The molecule has 7 heteroatoms. The van der Waals surface area contributed by atoms with Crippen LogP contribution in [0.4, 0.5) is 0 Å². The number of furan rings is 1. The molecule has 0 bridgehead atoms. The Balaban J connectivity index is 0.00000180. The minimum Gasteiger partial charge on any atom is -0.465 e. The number of hydrogen-bond donors (Lipinski definition) is 2. The summed E-state index contributed by atoms with van der Waals surface area (Å²) in [5, 5.41) is 5.80. The van der Waals surface area contributed by atoms with Crippen LogP contribution in [0.3, 0.4) is 0 Å². The summed E-state index contributed by atoms with van der Waals surface area (Å²) in [6.45, 7) is 3.41. The molecular formula is C12H17ClN2O4. The third-order valence-electron chi connectivity index (χ3n) is 2.96. The lowest BCUT2D eigenvalue weighted by molar-refractivity contribution is -0.126. The van der Waals surface area contributed by atoms with Gasteiger partial charge in [-0.3, -0.25) is 4.79 Å². The van der Waals surface area contributed by atoms with E-state index in [0.717, 1.165) is 13.1 Å². The molecule has 0 unspecified atom stereocenters. The Morgan fingerprint density at radius 3 is 2.74 bits per heavy atom. The molecule has 0 saturated carbocycles. The number of hydrogen-bond acceptors (Lipinski definition) is 5. The van der Waals surface area contributed by atoms with Crippen LogP contribution in [0.5, 0.6) is 0 Å². The zero-order chi connectivity index (χ0) is 13.1. The maximum absolute atomic E-state index is 11.6. The Labute approximate surface area is 117 Å². The first-order valence-corrected chi connectivity index (χ1v) is 5.78. The zero-order valence-corrected chi connectivity index (χ0v) is 11.6. The maximum Gasteiger partial charge on any atom is 0.341 e. The van der Waals surface area contributed by atoms with Crippen LogP contribution in [0.15, 0.2) is 10.5 Å². The van der Waals surface area contributed by atoms with Gasteiger partial charge in [-0.2, -0.15) is 0 Å². The molecule has 0 radical (unpaired) electrons. The summed E-state index contributed by atoms with van der Waals surface area (Å²) in [7, 11) is 1.32. The molecule has 1 aliphatic heterocycles. The summed E-state index contributed by atoms with van der Waals surface area (Å²) in [6.07, 6.45) is 0. The predicted molar refractivity (Wildman–Crippen MR) is 70.2 cm³/mol. The van der Waals surface area contributed by atoms with E-state index >= 15 is 0 Å². The van der Waals surface area contributed by atoms with Crippen molar-refractivity contribution < 1.29 is 18.7 Å². The first-order valence-electron chi connectivity index (χ1n) is 5.78. The second kappa shape index (κ2) is 6.58. The average molecular weight is 289 g/mol. The number of aryl methyl sites for hydroxylation is 1. The van der Waals surface area contributed by atoms with Crippen molar-refractivity contribution in [2.75, 3.05) is 20.2 Å². The van der Waals surface area contributed by atoms with Crippen molar-refractivity contribution in [2.45, 2.75) is 13.5 Å². The van der Waals surface area contributed by atoms with Gasteiger partial charge in [-0.1, -0.05) is 0 Å². The van der Waals surface area contributed by atoms with Crippen molar-refractivity contribution in [3.63, 3.8) is 0 Å². The quantitative estimate of drug-likeness (QED) is 0.795. The highest BCUT2D eigenvalue weighted by molar-refractivity contribution is 5.90. The minimum absolute atomic E-state index is 0. The molecule has 0 atom stereocenters. The Hall–Kier alpha value is -1.53. The van der Waals surface area contributed by atoms with Crippen LogP contribution in [0.1, 0.15) is 21.9 Å². The Morgan fingerprint density at radius 2 is 2.21 bits per heavy atom. The Bertz CT molecular complexity index is 468. The summed E-state index contributed by atoms with van der Waals surface area (Å²) >= 11 is 0. The number of amides is 1. The molecule has 1 amide bonds. The van der Waals surface area contributed by atoms with E-state index in [1.165, 1.54) is 7.11 Å². The van der Waals surface area contributed by atoms with Gasteiger partial charge in [0.15, 0.2) is 0 Å². The van der Waals surface area contributed by atoms with Crippen LogP contribution < -0.4 is 10.6 Å². The first kappa shape index (κ1) is 15.5. The average Bonchev–Trinajstić information content (AvgIpc) is 2.64. The summed E-state index contributed by atoms with van der Waals surface area (Å²) in [4.78, 5) is 23.0. The number of rotatable bonds is 4. The van der Waals surface area contributed by atoms with Crippen LogP contribution in [-0.4, -0.2) is 32.1 Å². The highest BCUT2D eigenvalue weighted by Crippen LogP contribution is 2.15. The molecule has 0 aromatic carbocycles. The van der Waals surface area contributed by atoms with Gasteiger partial charge in [0.05, 0.1) is 19.6 Å². The molecule has 0 aliphatic carbocycles. The van der Waals surface area contributed by atoms with Crippen LogP contribution in [0, 0.1) is 12.8 Å². The highest BCUT2D eigenvalue weighted by atomic mass is 35.5. The van der Waals surface area contributed by atoms with E-state index in [-0.39, 0.29) is 30.8 Å². The van der Waals surface area contributed by atoms with Crippen molar-refractivity contribution in [3.05, 3.63) is 23.2 Å². The van der Waals surface area contributed by atoms with Gasteiger partial charge in [0.2, 0.25) is 5.91 Å². The number of methoxy groups -OCH3 is 1. The molecule has 1 saturated heterocycles. The van der Waals surface area contributed by atoms with Gasteiger partial charge >= 0.3 is 5.97 Å². The number of carbonyl (C=O) groups is 2. The lowest BCUT2D eigenvalue weighted by Gasteiger charge is -2.25. The second-order valence-electron chi connectivity index (χ2n) is 4.25. The Morgan fingerprint density at radius 1 is 1.53 bits per heavy atom. The van der Waals surface area contributed by atoms with Gasteiger partial charge in [-0.25, -0.2) is 4.79 Å². The number of halogens is 1. The molecule has 1 aliphatic rings. The predicted octanol–water partition coefficient (Wildman–Crippen LogP) is 0.632. The monoisotopic (exact) mass is 288 g/mol. The number of nitrogens with one attached hydrogen (secondary N) is 2. The minimum atomic E-state index is -0.433. The number of esters is 1. The standard InChI is InChI=1S/C12H16N2O4.ClH/c1-7-10(12(16)17-2)3-9(18-7)6-14-11(15)8-4-13-5-8;/h3,8,13H,4-6H2,1-2H3,(H,14,15);1H. The normalized spacial score (nSPS) is 14.2. The molecular weight excluding hydrogens is 272 g/mol. The van der Waals surface area contributed by atoms with E-state index in [2.05, 4.69) is 15.4 Å². The summed E-state index contributed by atoms with van der Waals surface area (Å²) in [5.41, 5.74) is 0.395. The summed E-state index contributed by atoms with van der Waals surface area (Å²) < 4.78 is 10.0. The van der Waals surface area contributed by atoms with Gasteiger partial charge in [0, 0.05) is 13.1 Å². The smallest absolute Gasteiger partial charge is 0.341 e. The van der Waals surface area contributed by atoms with E-state index in [1.807, 2.05) is 0 Å². The van der Waals surface area contributed by atoms with E-state index in [4.69, 9.17) is 4.42 Å². The van der Waals surface area contributed by atoms with Crippen molar-refractivity contribution in [1.82, 2.24) is 10.6 Å². The van der Waals surface area contributed by atoms with E-state index < -0.39 is 5.97 Å². The zero-order valence-electron chi connectivity index (χ0n) is 10.8. The summed E-state index contributed by atoms with van der Waals surface area (Å²) in [5.74, 6) is 0.658. The lowest BCUT2D eigenvalue weighted by Crippen LogP contribution is -2.50. The van der Waals surface area contributed by atoms with Gasteiger partial charge < -0.3 is 19.8 Å². The molecule has 1 fully saturated rings. The highest BCUT2D eigenvalue weighted by Gasteiger charge is 2.24.